The molecule has 1 aliphatic rings. The maximum absolute atomic E-state index is 12.7. The highest BCUT2D eigenvalue weighted by molar-refractivity contribution is 5.78. The van der Waals surface area contributed by atoms with Crippen molar-refractivity contribution >= 4 is 5.91 Å². The van der Waals surface area contributed by atoms with Gasteiger partial charge in [0, 0.05) is 25.4 Å². The van der Waals surface area contributed by atoms with Gasteiger partial charge in [-0.2, -0.15) is 8.78 Å². The van der Waals surface area contributed by atoms with Crippen molar-refractivity contribution in [3.8, 4) is 0 Å². The lowest BCUT2D eigenvalue weighted by atomic mass is 9.88. The second-order valence-electron chi connectivity index (χ2n) is 5.06. The van der Waals surface area contributed by atoms with Crippen LogP contribution in [0.5, 0.6) is 0 Å². The molecule has 0 radical (unpaired) electrons. The number of rotatable bonds is 4. The normalized spacial score (nSPS) is 16.8. The van der Waals surface area contributed by atoms with Gasteiger partial charge in [-0.05, 0) is 12.8 Å². The average Bonchev–Trinajstić information content (AvgIpc) is 2.87. The van der Waals surface area contributed by atoms with Crippen molar-refractivity contribution in [1.29, 1.82) is 0 Å². The molecule has 0 aliphatic heterocycles. The first-order chi connectivity index (χ1) is 9.09. The van der Waals surface area contributed by atoms with Gasteiger partial charge in [-0.25, -0.2) is 4.98 Å². The van der Waals surface area contributed by atoms with E-state index < -0.39 is 6.55 Å². The summed E-state index contributed by atoms with van der Waals surface area (Å²) in [5.41, 5.74) is 0. The van der Waals surface area contributed by atoms with Crippen LogP contribution < -0.4 is 0 Å². The molecule has 1 fully saturated rings. The zero-order valence-electron chi connectivity index (χ0n) is 11.1. The van der Waals surface area contributed by atoms with Crippen LogP contribution in [-0.2, 0) is 11.3 Å². The van der Waals surface area contributed by atoms with Crippen LogP contribution in [-0.4, -0.2) is 27.4 Å². The standard InChI is InChI=1S/C13H19F2N3O/c1-17(12(19)10-5-3-2-4-6-10)9-11-16-7-8-18(11)13(14)15/h7-8,10,13H,2-6,9H2,1H3. The molecule has 0 atom stereocenters. The summed E-state index contributed by atoms with van der Waals surface area (Å²) < 4.78 is 26.2. The van der Waals surface area contributed by atoms with E-state index in [1.54, 1.807) is 7.05 Å². The van der Waals surface area contributed by atoms with Crippen LogP contribution >= 0.6 is 0 Å². The Balaban J connectivity index is 1.97. The van der Waals surface area contributed by atoms with E-state index in [9.17, 15) is 13.6 Å². The van der Waals surface area contributed by atoms with Crippen molar-refractivity contribution in [3.63, 3.8) is 0 Å². The van der Waals surface area contributed by atoms with Crippen molar-refractivity contribution in [2.75, 3.05) is 7.05 Å². The predicted octanol–water partition coefficient (Wildman–Crippen LogP) is 2.82. The number of amides is 1. The molecule has 1 aromatic rings. The largest absolute Gasteiger partial charge is 0.338 e. The third kappa shape index (κ3) is 3.30. The van der Waals surface area contributed by atoms with Crippen LogP contribution in [0.3, 0.4) is 0 Å². The second-order valence-corrected chi connectivity index (χ2v) is 5.06. The summed E-state index contributed by atoms with van der Waals surface area (Å²) >= 11 is 0. The molecule has 4 nitrogen and oxygen atoms in total. The van der Waals surface area contributed by atoms with Gasteiger partial charge in [0.1, 0.15) is 5.82 Å². The Bertz CT molecular complexity index is 427. The monoisotopic (exact) mass is 271 g/mol. The minimum atomic E-state index is -2.62. The van der Waals surface area contributed by atoms with E-state index in [0.717, 1.165) is 30.3 Å². The maximum atomic E-state index is 12.7. The van der Waals surface area contributed by atoms with E-state index in [1.807, 2.05) is 0 Å². The molecule has 19 heavy (non-hydrogen) atoms. The lowest BCUT2D eigenvalue weighted by Gasteiger charge is -2.26. The fourth-order valence-corrected chi connectivity index (χ4v) is 2.60. The number of carbonyl (C=O) groups is 1. The van der Waals surface area contributed by atoms with Crippen molar-refractivity contribution in [2.24, 2.45) is 5.92 Å². The third-order valence-corrected chi connectivity index (χ3v) is 3.67. The molecule has 1 amide bonds. The zero-order valence-corrected chi connectivity index (χ0v) is 11.1. The van der Waals surface area contributed by atoms with Gasteiger partial charge in [-0.3, -0.25) is 9.36 Å². The molecule has 0 spiro atoms. The van der Waals surface area contributed by atoms with Gasteiger partial charge in [-0.15, -0.1) is 0 Å². The smallest absolute Gasteiger partial charge is 0.319 e. The third-order valence-electron chi connectivity index (χ3n) is 3.67. The molecular weight excluding hydrogens is 252 g/mol. The van der Waals surface area contributed by atoms with Gasteiger partial charge in [0.05, 0.1) is 6.54 Å². The summed E-state index contributed by atoms with van der Waals surface area (Å²) in [6, 6.07) is 0. The summed E-state index contributed by atoms with van der Waals surface area (Å²) in [6.45, 7) is -2.48. The SMILES string of the molecule is CN(Cc1nccn1C(F)F)C(=O)C1CCCCC1. The number of halogens is 2. The van der Waals surface area contributed by atoms with Crippen molar-refractivity contribution in [2.45, 2.75) is 45.2 Å². The fourth-order valence-electron chi connectivity index (χ4n) is 2.60. The Labute approximate surface area is 111 Å². The molecule has 1 saturated carbocycles. The van der Waals surface area contributed by atoms with Gasteiger partial charge < -0.3 is 4.90 Å². The Kier molecular flexibility index (Phi) is 4.50. The summed E-state index contributed by atoms with van der Waals surface area (Å²) in [5, 5.41) is 0. The minimum Gasteiger partial charge on any atom is -0.338 e. The van der Waals surface area contributed by atoms with Crippen LogP contribution in [0.25, 0.3) is 0 Å². The first kappa shape index (κ1) is 14.0. The average molecular weight is 271 g/mol. The molecular formula is C13H19F2N3O. The van der Waals surface area contributed by atoms with Crippen molar-refractivity contribution in [1.82, 2.24) is 14.5 Å². The highest BCUT2D eigenvalue weighted by Gasteiger charge is 2.25. The number of imidazole rings is 1. The van der Waals surface area contributed by atoms with Crippen LogP contribution in [0.4, 0.5) is 8.78 Å². The summed E-state index contributed by atoms with van der Waals surface area (Å²) in [7, 11) is 1.65. The predicted molar refractivity (Wildman–Crippen MR) is 66.5 cm³/mol. The van der Waals surface area contributed by atoms with Gasteiger partial charge >= 0.3 is 6.55 Å². The first-order valence-corrected chi connectivity index (χ1v) is 6.64. The van der Waals surface area contributed by atoms with E-state index in [4.69, 9.17) is 0 Å². The topological polar surface area (TPSA) is 38.1 Å². The molecule has 0 N–H and O–H groups in total. The van der Waals surface area contributed by atoms with Crippen LogP contribution in [0.15, 0.2) is 12.4 Å². The maximum Gasteiger partial charge on any atom is 0.319 e. The summed E-state index contributed by atoms with van der Waals surface area (Å²) in [5.74, 6) is 0.318. The number of alkyl halides is 2. The molecule has 0 aromatic carbocycles. The molecule has 0 saturated heterocycles. The fraction of sp³-hybridized carbons (Fsp3) is 0.692. The Morgan fingerprint density at radius 1 is 1.47 bits per heavy atom. The number of carbonyl (C=O) groups excluding carboxylic acids is 1. The summed E-state index contributed by atoms with van der Waals surface area (Å²) in [6.07, 6.45) is 7.73. The van der Waals surface area contributed by atoms with E-state index in [1.165, 1.54) is 23.7 Å². The van der Waals surface area contributed by atoms with Crippen LogP contribution in [0, 0.1) is 5.92 Å². The Hall–Kier alpha value is -1.46. The first-order valence-electron chi connectivity index (χ1n) is 6.64. The quantitative estimate of drug-likeness (QED) is 0.844. The van der Waals surface area contributed by atoms with E-state index in [-0.39, 0.29) is 24.2 Å². The van der Waals surface area contributed by atoms with Crippen LogP contribution in [0.1, 0.15) is 44.5 Å². The van der Waals surface area contributed by atoms with Gasteiger partial charge in [0.25, 0.3) is 0 Å². The number of aromatic nitrogens is 2. The number of hydrogen-bond acceptors (Lipinski definition) is 2. The van der Waals surface area contributed by atoms with Gasteiger partial charge in [0.2, 0.25) is 5.91 Å². The van der Waals surface area contributed by atoms with Crippen molar-refractivity contribution in [3.05, 3.63) is 18.2 Å². The Morgan fingerprint density at radius 2 is 2.16 bits per heavy atom. The lowest BCUT2D eigenvalue weighted by molar-refractivity contribution is -0.136. The lowest BCUT2D eigenvalue weighted by Crippen LogP contribution is -2.34. The van der Waals surface area contributed by atoms with E-state index >= 15 is 0 Å². The highest BCUT2D eigenvalue weighted by Crippen LogP contribution is 2.25. The highest BCUT2D eigenvalue weighted by atomic mass is 19.3. The molecule has 2 rings (SSSR count). The number of nitrogens with zero attached hydrogens (tertiary/aromatic N) is 3. The number of hydrogen-bond donors (Lipinski definition) is 0. The second kappa shape index (κ2) is 6.12. The molecule has 0 unspecified atom stereocenters. The molecule has 0 bridgehead atoms. The Morgan fingerprint density at radius 3 is 2.79 bits per heavy atom. The summed E-state index contributed by atoms with van der Waals surface area (Å²) in [4.78, 5) is 17.6. The minimum absolute atomic E-state index is 0.0449. The molecule has 1 aliphatic carbocycles. The van der Waals surface area contributed by atoms with E-state index in [0.29, 0.717) is 0 Å². The molecule has 106 valence electrons. The molecule has 1 heterocycles. The van der Waals surface area contributed by atoms with Gasteiger partial charge in [0.15, 0.2) is 0 Å². The van der Waals surface area contributed by atoms with E-state index in [2.05, 4.69) is 4.98 Å². The molecule has 6 heteroatoms. The van der Waals surface area contributed by atoms with Crippen molar-refractivity contribution < 1.29 is 13.6 Å². The zero-order chi connectivity index (χ0) is 13.8. The van der Waals surface area contributed by atoms with Crippen LogP contribution in [0.2, 0.25) is 0 Å². The van der Waals surface area contributed by atoms with Gasteiger partial charge in [-0.1, -0.05) is 19.3 Å². The molecule has 1 aromatic heterocycles.